The number of aromatic nitrogens is 1. The Labute approximate surface area is 160 Å². The van der Waals surface area contributed by atoms with Gasteiger partial charge in [-0.25, -0.2) is 4.98 Å². The number of fused-ring (bicyclic) bond motifs is 1. The lowest BCUT2D eigenvalue weighted by atomic mass is 9.95. The van der Waals surface area contributed by atoms with E-state index in [1.165, 1.54) is 10.5 Å². The Balaban J connectivity index is 1.89. The van der Waals surface area contributed by atoms with Gasteiger partial charge in [-0.2, -0.15) is 5.26 Å². The van der Waals surface area contributed by atoms with E-state index >= 15 is 0 Å². The highest BCUT2D eigenvalue weighted by molar-refractivity contribution is 5.60. The lowest BCUT2D eigenvalue weighted by molar-refractivity contribution is -0.914. The third-order valence-electron chi connectivity index (χ3n) is 5.08. The van der Waals surface area contributed by atoms with Crippen LogP contribution in [0.3, 0.4) is 0 Å². The summed E-state index contributed by atoms with van der Waals surface area (Å²) < 4.78 is 10.6. The minimum Gasteiger partial charge on any atom is -0.466 e. The molecular weight excluding hydrogens is 342 g/mol. The summed E-state index contributed by atoms with van der Waals surface area (Å²) >= 11 is 0. The molecule has 0 bridgehead atoms. The second-order valence-corrected chi connectivity index (χ2v) is 6.81. The molecule has 1 aliphatic heterocycles. The van der Waals surface area contributed by atoms with E-state index in [0.29, 0.717) is 13.2 Å². The van der Waals surface area contributed by atoms with Gasteiger partial charge in [0, 0.05) is 26.6 Å². The van der Waals surface area contributed by atoms with E-state index in [0.717, 1.165) is 67.5 Å². The minimum absolute atomic E-state index is 0.604. The highest BCUT2D eigenvalue weighted by Gasteiger charge is 2.29. The molecule has 7 heteroatoms. The molecule has 3 heterocycles. The van der Waals surface area contributed by atoms with Gasteiger partial charge in [-0.15, -0.1) is 0 Å². The van der Waals surface area contributed by atoms with Crippen LogP contribution in [0, 0.1) is 11.3 Å². The number of nitrogens with one attached hydrogen (secondary N) is 4. The maximum atomic E-state index is 9.79. The van der Waals surface area contributed by atoms with Crippen molar-refractivity contribution in [2.24, 2.45) is 0 Å². The van der Waals surface area contributed by atoms with Crippen molar-refractivity contribution in [3.8, 4) is 6.07 Å². The van der Waals surface area contributed by atoms with E-state index < -0.39 is 0 Å². The molecule has 0 amide bonds. The zero-order valence-electron chi connectivity index (χ0n) is 16.2. The third-order valence-corrected chi connectivity index (χ3v) is 5.08. The summed E-state index contributed by atoms with van der Waals surface area (Å²) in [6.07, 6.45) is 3.48. The number of H-pyrrole nitrogens is 1. The Kier molecular flexibility index (Phi) is 6.69. The molecule has 0 saturated heterocycles. The fraction of sp³-hybridized carbons (Fsp3) is 0.500. The third kappa shape index (κ3) is 4.59. The van der Waals surface area contributed by atoms with E-state index in [1.807, 2.05) is 12.1 Å². The normalized spacial score (nSPS) is 15.8. The molecule has 3 rings (SSSR count). The molecule has 0 spiro atoms. The largest absolute Gasteiger partial charge is 0.466 e. The van der Waals surface area contributed by atoms with Gasteiger partial charge in [0.1, 0.15) is 30.5 Å². The Hall–Kier alpha value is -2.56. The summed E-state index contributed by atoms with van der Waals surface area (Å²) in [5.41, 5.74) is 3.11. The number of quaternary nitrogens is 1. The van der Waals surface area contributed by atoms with Crippen molar-refractivity contribution in [3.05, 3.63) is 40.8 Å². The number of ether oxygens (including phenoxy) is 1. The molecule has 27 heavy (non-hydrogen) atoms. The summed E-state index contributed by atoms with van der Waals surface area (Å²) in [6.45, 7) is 7.31. The van der Waals surface area contributed by atoms with E-state index in [4.69, 9.17) is 9.15 Å². The van der Waals surface area contributed by atoms with Gasteiger partial charge in [-0.3, -0.25) is 5.32 Å². The highest BCUT2D eigenvalue weighted by Crippen LogP contribution is 2.26. The first-order valence-electron chi connectivity index (χ1n) is 9.60. The second-order valence-electron chi connectivity index (χ2n) is 6.81. The zero-order chi connectivity index (χ0) is 19.1. The van der Waals surface area contributed by atoms with Crippen LogP contribution in [0.1, 0.15) is 35.8 Å². The topological polar surface area (TPSA) is 88.8 Å². The fourth-order valence-corrected chi connectivity index (χ4v) is 3.55. The standard InChI is InChI=1S/C20H27N5O2/c1-3-25-9-7-16-17(12-21)19(22-8-5-10-26-2)24-20(18(16)14-25)23-13-15-6-4-11-27-15/h4,6,11H,3,5,7-10,13-14H2,1-2H3,(H2,22,23,24)/p+2. The van der Waals surface area contributed by atoms with Gasteiger partial charge < -0.3 is 19.4 Å². The number of aromatic amines is 1. The van der Waals surface area contributed by atoms with Crippen LogP contribution < -0.4 is 20.5 Å². The number of methoxy groups -OCH3 is 1. The summed E-state index contributed by atoms with van der Waals surface area (Å²) in [7, 11) is 1.70. The molecule has 1 atom stereocenters. The van der Waals surface area contributed by atoms with Crippen LogP contribution in [0.5, 0.6) is 0 Å². The van der Waals surface area contributed by atoms with E-state index in [-0.39, 0.29) is 0 Å². The molecule has 2 aromatic rings. The number of likely N-dealkylation sites (N-methyl/N-ethyl adjacent to an activating group) is 1. The van der Waals surface area contributed by atoms with E-state index in [1.54, 1.807) is 13.4 Å². The maximum absolute atomic E-state index is 9.79. The van der Waals surface area contributed by atoms with Crippen molar-refractivity contribution < 1.29 is 19.0 Å². The van der Waals surface area contributed by atoms with Crippen molar-refractivity contribution in [2.45, 2.75) is 32.9 Å². The Morgan fingerprint density at radius 2 is 2.22 bits per heavy atom. The fourth-order valence-electron chi connectivity index (χ4n) is 3.55. The van der Waals surface area contributed by atoms with Crippen molar-refractivity contribution in [2.75, 3.05) is 44.0 Å². The van der Waals surface area contributed by atoms with Gasteiger partial charge in [-0.1, -0.05) is 0 Å². The molecule has 0 aliphatic carbocycles. The first kappa shape index (κ1) is 19.2. The predicted octanol–water partition coefficient (Wildman–Crippen LogP) is 0.987. The maximum Gasteiger partial charge on any atom is 0.237 e. The second kappa shape index (κ2) is 9.40. The van der Waals surface area contributed by atoms with Crippen molar-refractivity contribution in [1.82, 2.24) is 0 Å². The highest BCUT2D eigenvalue weighted by atomic mass is 16.5. The monoisotopic (exact) mass is 371 g/mol. The average Bonchev–Trinajstić information content (AvgIpc) is 3.22. The molecule has 0 aromatic carbocycles. The summed E-state index contributed by atoms with van der Waals surface area (Å²) in [5.74, 6) is 2.64. The predicted molar refractivity (Wildman–Crippen MR) is 103 cm³/mol. The molecule has 2 aromatic heterocycles. The summed E-state index contributed by atoms with van der Waals surface area (Å²) in [6, 6.07) is 6.26. The average molecular weight is 371 g/mol. The molecular formula is C20H29N5O2+2. The zero-order valence-corrected chi connectivity index (χ0v) is 16.2. The molecule has 0 fully saturated rings. The quantitative estimate of drug-likeness (QED) is 0.572. The smallest absolute Gasteiger partial charge is 0.237 e. The SMILES string of the molecule is CC[NH+]1CCc2c(C#N)c(NCCCOC)[nH+]c(NCc3ccco3)c2C1. The number of anilines is 2. The van der Waals surface area contributed by atoms with Crippen LogP contribution in [-0.4, -0.2) is 33.4 Å². The molecule has 1 aliphatic rings. The van der Waals surface area contributed by atoms with Crippen LogP contribution >= 0.6 is 0 Å². The number of hydrogen-bond acceptors (Lipinski definition) is 5. The van der Waals surface area contributed by atoms with Gasteiger partial charge in [0.05, 0.1) is 31.5 Å². The van der Waals surface area contributed by atoms with E-state index in [9.17, 15) is 5.26 Å². The van der Waals surface area contributed by atoms with Crippen LogP contribution in [0.4, 0.5) is 11.6 Å². The van der Waals surface area contributed by atoms with Crippen molar-refractivity contribution in [1.29, 1.82) is 5.26 Å². The first-order valence-corrected chi connectivity index (χ1v) is 9.60. The number of rotatable bonds is 9. The van der Waals surface area contributed by atoms with Gasteiger partial charge in [0.25, 0.3) is 0 Å². The minimum atomic E-state index is 0.604. The first-order chi connectivity index (χ1) is 13.3. The van der Waals surface area contributed by atoms with Crippen LogP contribution in [0.25, 0.3) is 0 Å². The van der Waals surface area contributed by atoms with Gasteiger partial charge in [-0.05, 0) is 24.6 Å². The Bertz CT molecular complexity index is 783. The van der Waals surface area contributed by atoms with Crippen LogP contribution in [-0.2, 0) is 24.2 Å². The van der Waals surface area contributed by atoms with Gasteiger partial charge in [0.2, 0.25) is 11.6 Å². The molecule has 1 unspecified atom stereocenters. The number of furan rings is 1. The van der Waals surface area contributed by atoms with Gasteiger partial charge >= 0.3 is 0 Å². The Morgan fingerprint density at radius 1 is 1.33 bits per heavy atom. The Morgan fingerprint density at radius 3 is 2.93 bits per heavy atom. The van der Waals surface area contributed by atoms with Crippen molar-refractivity contribution in [3.63, 3.8) is 0 Å². The molecule has 0 radical (unpaired) electrons. The molecule has 7 nitrogen and oxygen atoms in total. The van der Waals surface area contributed by atoms with E-state index in [2.05, 4.69) is 28.6 Å². The number of pyridine rings is 1. The van der Waals surface area contributed by atoms with Crippen LogP contribution in [0.15, 0.2) is 22.8 Å². The van der Waals surface area contributed by atoms with Gasteiger partial charge in [0.15, 0.2) is 0 Å². The molecule has 4 N–H and O–H groups in total. The van der Waals surface area contributed by atoms with Crippen LogP contribution in [0.2, 0.25) is 0 Å². The number of nitrogens with zero attached hydrogens (tertiary/aromatic N) is 1. The number of nitriles is 1. The molecule has 0 saturated carbocycles. The number of hydrogen-bond donors (Lipinski definition) is 3. The lowest BCUT2D eigenvalue weighted by Gasteiger charge is -2.26. The summed E-state index contributed by atoms with van der Waals surface area (Å²) in [4.78, 5) is 4.96. The summed E-state index contributed by atoms with van der Waals surface area (Å²) in [5, 5.41) is 16.7. The lowest BCUT2D eigenvalue weighted by Crippen LogP contribution is -3.11. The van der Waals surface area contributed by atoms with Crippen molar-refractivity contribution >= 4 is 11.6 Å². The molecule has 144 valence electrons.